The molecule has 2 heteroatoms. The van der Waals surface area contributed by atoms with Crippen molar-refractivity contribution in [2.45, 2.75) is 45.6 Å². The van der Waals surface area contributed by atoms with Gasteiger partial charge in [0.05, 0.1) is 0 Å². The van der Waals surface area contributed by atoms with Gasteiger partial charge in [0.2, 0.25) is 0 Å². The van der Waals surface area contributed by atoms with Crippen molar-refractivity contribution in [3.8, 4) is 0 Å². The predicted octanol–water partition coefficient (Wildman–Crippen LogP) is 2.35. The van der Waals surface area contributed by atoms with Crippen molar-refractivity contribution >= 4 is 0 Å². The molecule has 0 aliphatic heterocycles. The van der Waals surface area contributed by atoms with E-state index in [0.717, 1.165) is 24.4 Å². The Morgan fingerprint density at radius 3 is 2.53 bits per heavy atom. The molecule has 90 valence electrons. The van der Waals surface area contributed by atoms with E-state index in [2.05, 4.69) is 31.1 Å². The van der Waals surface area contributed by atoms with Crippen LogP contribution in [0.1, 0.15) is 39.5 Å². The van der Waals surface area contributed by atoms with Crippen molar-refractivity contribution in [1.82, 2.24) is 10.2 Å². The van der Waals surface area contributed by atoms with Crippen LogP contribution in [0.3, 0.4) is 0 Å². The lowest BCUT2D eigenvalue weighted by Crippen LogP contribution is -2.38. The van der Waals surface area contributed by atoms with E-state index in [0.29, 0.717) is 0 Å². The number of nitrogens with one attached hydrogen (secondary N) is 1. The molecular weight excluding hydrogens is 184 g/mol. The molecule has 1 fully saturated rings. The van der Waals surface area contributed by atoms with Gasteiger partial charge in [-0.3, -0.25) is 0 Å². The molecule has 1 saturated carbocycles. The quantitative estimate of drug-likeness (QED) is 0.704. The van der Waals surface area contributed by atoms with Gasteiger partial charge in [-0.05, 0) is 64.7 Å². The minimum Gasteiger partial charge on any atom is -0.320 e. The molecule has 3 unspecified atom stereocenters. The second-order valence-electron chi connectivity index (χ2n) is 5.36. The monoisotopic (exact) mass is 212 g/mol. The van der Waals surface area contributed by atoms with Crippen LogP contribution in [0.2, 0.25) is 0 Å². The Labute approximate surface area is 95.4 Å². The average molecular weight is 212 g/mol. The van der Waals surface area contributed by atoms with Crippen LogP contribution in [0.5, 0.6) is 0 Å². The lowest BCUT2D eigenvalue weighted by Gasteiger charge is -2.37. The maximum Gasteiger partial charge on any atom is 0.00949 e. The molecule has 0 amide bonds. The topological polar surface area (TPSA) is 15.3 Å². The van der Waals surface area contributed by atoms with Crippen LogP contribution < -0.4 is 5.32 Å². The van der Waals surface area contributed by atoms with Crippen molar-refractivity contribution in [2.75, 3.05) is 27.2 Å². The van der Waals surface area contributed by atoms with Crippen LogP contribution >= 0.6 is 0 Å². The summed E-state index contributed by atoms with van der Waals surface area (Å²) in [6, 6.07) is 0.841. The van der Waals surface area contributed by atoms with Crippen molar-refractivity contribution in [3.63, 3.8) is 0 Å². The second kappa shape index (κ2) is 6.49. The van der Waals surface area contributed by atoms with Gasteiger partial charge in [0.1, 0.15) is 0 Å². The van der Waals surface area contributed by atoms with Gasteiger partial charge >= 0.3 is 0 Å². The molecule has 0 aromatic rings. The standard InChI is InChI=1S/C13H28N2/c1-11-6-7-13(10-12(11)2)15(4)9-5-8-14-3/h11-14H,5-10H2,1-4H3. The SMILES string of the molecule is CNCCCN(C)C1CCC(C)C(C)C1. The normalized spacial score (nSPS) is 32.2. The van der Waals surface area contributed by atoms with Crippen LogP contribution in [0.4, 0.5) is 0 Å². The van der Waals surface area contributed by atoms with Crippen LogP contribution in [0.25, 0.3) is 0 Å². The van der Waals surface area contributed by atoms with Crippen molar-refractivity contribution in [2.24, 2.45) is 11.8 Å². The fourth-order valence-corrected chi connectivity index (χ4v) is 2.61. The van der Waals surface area contributed by atoms with Gasteiger partial charge in [0.15, 0.2) is 0 Å². The second-order valence-corrected chi connectivity index (χ2v) is 5.36. The summed E-state index contributed by atoms with van der Waals surface area (Å²) in [6.45, 7) is 7.20. The molecule has 0 aromatic heterocycles. The van der Waals surface area contributed by atoms with E-state index in [-0.39, 0.29) is 0 Å². The molecule has 1 N–H and O–H groups in total. The molecule has 1 rings (SSSR count). The van der Waals surface area contributed by atoms with E-state index in [9.17, 15) is 0 Å². The summed E-state index contributed by atoms with van der Waals surface area (Å²) in [5.74, 6) is 1.85. The smallest absolute Gasteiger partial charge is 0.00949 e. The van der Waals surface area contributed by atoms with Crippen molar-refractivity contribution in [1.29, 1.82) is 0 Å². The Balaban J connectivity index is 2.24. The van der Waals surface area contributed by atoms with E-state index in [4.69, 9.17) is 0 Å². The molecule has 3 atom stereocenters. The van der Waals surface area contributed by atoms with Crippen molar-refractivity contribution in [3.05, 3.63) is 0 Å². The fraction of sp³-hybridized carbons (Fsp3) is 1.00. The van der Waals surface area contributed by atoms with E-state index >= 15 is 0 Å². The third-order valence-corrected chi connectivity index (χ3v) is 4.13. The van der Waals surface area contributed by atoms with Crippen LogP contribution in [-0.4, -0.2) is 38.1 Å². The van der Waals surface area contributed by atoms with Gasteiger partial charge in [-0.2, -0.15) is 0 Å². The van der Waals surface area contributed by atoms with Crippen LogP contribution in [-0.2, 0) is 0 Å². The molecule has 0 heterocycles. The summed E-state index contributed by atoms with van der Waals surface area (Å²) in [5, 5.41) is 3.22. The summed E-state index contributed by atoms with van der Waals surface area (Å²) >= 11 is 0. The molecule has 0 aromatic carbocycles. The lowest BCUT2D eigenvalue weighted by atomic mass is 9.78. The Hall–Kier alpha value is -0.0800. The maximum atomic E-state index is 3.22. The zero-order valence-corrected chi connectivity index (χ0v) is 10.9. The molecule has 1 aliphatic carbocycles. The van der Waals surface area contributed by atoms with Crippen LogP contribution in [0.15, 0.2) is 0 Å². The lowest BCUT2D eigenvalue weighted by molar-refractivity contribution is 0.131. The Morgan fingerprint density at radius 2 is 1.93 bits per heavy atom. The molecule has 1 aliphatic rings. The highest BCUT2D eigenvalue weighted by atomic mass is 15.1. The third-order valence-electron chi connectivity index (χ3n) is 4.13. The minimum absolute atomic E-state index is 0.841. The Bertz CT molecular complexity index is 170. The summed E-state index contributed by atoms with van der Waals surface area (Å²) < 4.78 is 0. The van der Waals surface area contributed by atoms with Gasteiger partial charge < -0.3 is 10.2 Å². The zero-order valence-electron chi connectivity index (χ0n) is 10.9. The largest absolute Gasteiger partial charge is 0.320 e. The van der Waals surface area contributed by atoms with E-state index in [1.807, 2.05) is 7.05 Å². The van der Waals surface area contributed by atoms with Crippen molar-refractivity contribution < 1.29 is 0 Å². The van der Waals surface area contributed by atoms with Gasteiger partial charge in [0, 0.05) is 6.04 Å². The molecule has 2 nitrogen and oxygen atoms in total. The number of rotatable bonds is 5. The average Bonchev–Trinajstić information content (AvgIpc) is 2.22. The number of hydrogen-bond donors (Lipinski definition) is 1. The maximum absolute atomic E-state index is 3.22. The van der Waals surface area contributed by atoms with Gasteiger partial charge in [0.25, 0.3) is 0 Å². The molecule has 15 heavy (non-hydrogen) atoms. The highest BCUT2D eigenvalue weighted by molar-refractivity contribution is 4.80. The number of nitrogens with zero attached hydrogens (tertiary/aromatic N) is 1. The Morgan fingerprint density at radius 1 is 1.20 bits per heavy atom. The molecule has 0 saturated heterocycles. The third kappa shape index (κ3) is 4.12. The summed E-state index contributed by atoms with van der Waals surface area (Å²) in [7, 11) is 4.33. The van der Waals surface area contributed by atoms with Gasteiger partial charge in [-0.15, -0.1) is 0 Å². The predicted molar refractivity (Wildman–Crippen MR) is 67.1 cm³/mol. The molecular formula is C13H28N2. The Kier molecular flexibility index (Phi) is 5.62. The summed E-state index contributed by atoms with van der Waals surface area (Å²) in [4.78, 5) is 2.57. The summed E-state index contributed by atoms with van der Waals surface area (Å²) in [6.07, 6.45) is 5.49. The van der Waals surface area contributed by atoms with Crippen LogP contribution in [0, 0.1) is 11.8 Å². The first-order chi connectivity index (χ1) is 7.15. The molecule has 0 radical (unpaired) electrons. The first-order valence-electron chi connectivity index (χ1n) is 6.50. The summed E-state index contributed by atoms with van der Waals surface area (Å²) in [5.41, 5.74) is 0. The highest BCUT2D eigenvalue weighted by Gasteiger charge is 2.26. The van der Waals surface area contributed by atoms with E-state index in [1.54, 1.807) is 0 Å². The molecule has 0 spiro atoms. The highest BCUT2D eigenvalue weighted by Crippen LogP contribution is 2.31. The zero-order chi connectivity index (χ0) is 11.3. The van der Waals surface area contributed by atoms with E-state index in [1.165, 1.54) is 32.2 Å². The fourth-order valence-electron chi connectivity index (χ4n) is 2.61. The first-order valence-corrected chi connectivity index (χ1v) is 6.50. The van der Waals surface area contributed by atoms with Gasteiger partial charge in [-0.25, -0.2) is 0 Å². The number of hydrogen-bond acceptors (Lipinski definition) is 2. The molecule has 0 bridgehead atoms. The minimum atomic E-state index is 0.841. The van der Waals surface area contributed by atoms with E-state index < -0.39 is 0 Å². The first kappa shape index (κ1) is 13.0. The van der Waals surface area contributed by atoms with Gasteiger partial charge in [-0.1, -0.05) is 13.8 Å².